The number of rotatable bonds is 9. The predicted octanol–water partition coefficient (Wildman–Crippen LogP) is 4.01. The van der Waals surface area contributed by atoms with Gasteiger partial charge in [-0.25, -0.2) is 19.9 Å². The lowest BCUT2D eigenvalue weighted by molar-refractivity contribution is -0.137. The van der Waals surface area contributed by atoms with E-state index in [1.165, 1.54) is 12.5 Å². The topological polar surface area (TPSA) is 122 Å². The highest BCUT2D eigenvalue weighted by Crippen LogP contribution is 2.35. The minimum Gasteiger partial charge on any atom is -0.379 e. The number of carbonyl (C=O) groups is 2. The fraction of sp³-hybridized carbons (Fsp3) is 0.417. The van der Waals surface area contributed by atoms with E-state index in [-0.39, 0.29) is 16.4 Å². The summed E-state index contributed by atoms with van der Waals surface area (Å²) in [6, 6.07) is 1.74. The summed E-state index contributed by atoms with van der Waals surface area (Å²) in [5.41, 5.74) is -0.142. The fourth-order valence-electron chi connectivity index (χ4n) is 3.79. The highest BCUT2D eigenvalue weighted by atomic mass is 35.5. The molecule has 0 aromatic carbocycles. The number of pyridine rings is 1. The Bertz CT molecular complexity index is 1320. The normalized spacial score (nSPS) is 15.1. The average Bonchev–Trinajstić information content (AvgIpc) is 3.41. The molecule has 3 aromatic rings. The van der Waals surface area contributed by atoms with Crippen LogP contribution >= 0.6 is 22.9 Å². The van der Waals surface area contributed by atoms with E-state index in [0.29, 0.717) is 17.5 Å². The van der Waals surface area contributed by atoms with E-state index in [1.54, 1.807) is 13.0 Å². The van der Waals surface area contributed by atoms with Gasteiger partial charge in [-0.15, -0.1) is 11.3 Å². The zero-order chi connectivity index (χ0) is 28.0. The van der Waals surface area contributed by atoms with Crippen LogP contribution in [0.25, 0.3) is 0 Å². The summed E-state index contributed by atoms with van der Waals surface area (Å²) >= 11 is 6.55. The van der Waals surface area contributed by atoms with Gasteiger partial charge >= 0.3 is 6.18 Å². The van der Waals surface area contributed by atoms with Crippen molar-refractivity contribution in [2.24, 2.45) is 0 Å². The molecule has 2 amide bonds. The molecule has 0 radical (unpaired) electrons. The molecule has 1 unspecified atom stereocenters. The van der Waals surface area contributed by atoms with E-state index in [0.717, 1.165) is 62.5 Å². The Labute approximate surface area is 231 Å². The molecule has 0 saturated carbocycles. The molecule has 1 fully saturated rings. The van der Waals surface area contributed by atoms with Gasteiger partial charge in [0.05, 0.1) is 36.0 Å². The molecule has 0 spiro atoms. The first-order chi connectivity index (χ1) is 18.6. The summed E-state index contributed by atoms with van der Waals surface area (Å²) < 4.78 is 44.6. The summed E-state index contributed by atoms with van der Waals surface area (Å²) in [7, 11) is 0. The molecule has 1 saturated heterocycles. The standard InChI is InChI=1S/C24H25ClF3N7O3S/c1-14(33-21(36)18-9-15(31-13-32-18)3-2-4-35-5-7-38-8-6-35)23-30-12-19(39-23)22(37)34-20-10-16(24(26,27)28)17(25)11-29-20/h9-14H,2-8H2,1H3,(H,33,36)(H,29,34,37). The number of thiazole rings is 1. The van der Waals surface area contributed by atoms with E-state index in [2.05, 4.69) is 35.5 Å². The molecular formula is C24H25ClF3N7O3S. The van der Waals surface area contributed by atoms with Crippen molar-refractivity contribution >= 4 is 40.6 Å². The van der Waals surface area contributed by atoms with Gasteiger partial charge in [-0.3, -0.25) is 14.5 Å². The molecule has 39 heavy (non-hydrogen) atoms. The minimum atomic E-state index is -4.70. The molecular weight excluding hydrogens is 559 g/mol. The van der Waals surface area contributed by atoms with Gasteiger partial charge in [-0.2, -0.15) is 13.2 Å². The first-order valence-corrected chi connectivity index (χ1v) is 13.2. The van der Waals surface area contributed by atoms with Gasteiger partial charge in [0.15, 0.2) is 0 Å². The summed E-state index contributed by atoms with van der Waals surface area (Å²) in [5.74, 6) is -1.43. The van der Waals surface area contributed by atoms with Crippen LogP contribution in [0.1, 0.15) is 55.8 Å². The molecule has 1 atom stereocenters. The number of nitrogens with one attached hydrogen (secondary N) is 2. The lowest BCUT2D eigenvalue weighted by atomic mass is 10.2. The van der Waals surface area contributed by atoms with Gasteiger partial charge in [0.1, 0.15) is 27.7 Å². The van der Waals surface area contributed by atoms with Gasteiger partial charge in [0, 0.05) is 25.0 Å². The number of anilines is 1. The van der Waals surface area contributed by atoms with Crippen molar-refractivity contribution < 1.29 is 27.5 Å². The third kappa shape index (κ3) is 7.91. The summed E-state index contributed by atoms with van der Waals surface area (Å²) in [6.07, 6.45) is 0.339. The molecule has 4 rings (SSSR count). The summed E-state index contributed by atoms with van der Waals surface area (Å²) in [4.78, 5) is 44.0. The largest absolute Gasteiger partial charge is 0.418 e. The Morgan fingerprint density at radius 1 is 1.13 bits per heavy atom. The van der Waals surface area contributed by atoms with Crippen molar-refractivity contribution in [2.75, 3.05) is 38.2 Å². The van der Waals surface area contributed by atoms with Crippen molar-refractivity contribution in [1.29, 1.82) is 0 Å². The number of ether oxygens (including phenoxy) is 1. The van der Waals surface area contributed by atoms with E-state index in [1.807, 2.05) is 0 Å². The monoisotopic (exact) mass is 583 g/mol. The second-order valence-corrected chi connectivity index (χ2v) is 10.2. The van der Waals surface area contributed by atoms with Crippen LogP contribution in [0, 0.1) is 0 Å². The van der Waals surface area contributed by atoms with Crippen LogP contribution in [0.15, 0.2) is 30.9 Å². The summed E-state index contributed by atoms with van der Waals surface area (Å²) in [6.45, 7) is 5.91. The van der Waals surface area contributed by atoms with Gasteiger partial charge < -0.3 is 15.4 Å². The molecule has 0 aliphatic carbocycles. The van der Waals surface area contributed by atoms with Crippen molar-refractivity contribution in [1.82, 2.24) is 30.2 Å². The average molecular weight is 584 g/mol. The molecule has 3 aromatic heterocycles. The molecule has 15 heteroatoms. The van der Waals surface area contributed by atoms with Crippen LogP contribution in [-0.4, -0.2) is 69.5 Å². The van der Waals surface area contributed by atoms with E-state index < -0.39 is 34.6 Å². The number of nitrogens with zero attached hydrogens (tertiary/aromatic N) is 5. The van der Waals surface area contributed by atoms with Crippen LogP contribution in [-0.2, 0) is 17.3 Å². The lowest BCUT2D eigenvalue weighted by Crippen LogP contribution is -2.37. The molecule has 0 bridgehead atoms. The fourth-order valence-corrected chi connectivity index (χ4v) is 4.82. The number of aromatic nitrogens is 4. The minimum absolute atomic E-state index is 0.126. The Morgan fingerprint density at radius 2 is 1.90 bits per heavy atom. The Hall–Kier alpha value is -3.20. The number of halogens is 4. The quantitative estimate of drug-likeness (QED) is 0.387. The summed E-state index contributed by atoms with van der Waals surface area (Å²) in [5, 5.41) is 4.95. The zero-order valence-electron chi connectivity index (χ0n) is 20.8. The van der Waals surface area contributed by atoms with E-state index >= 15 is 0 Å². The predicted molar refractivity (Wildman–Crippen MR) is 138 cm³/mol. The Balaban J connectivity index is 1.32. The van der Waals surface area contributed by atoms with Crippen LogP contribution in [0.2, 0.25) is 5.02 Å². The highest BCUT2D eigenvalue weighted by Gasteiger charge is 2.34. The zero-order valence-corrected chi connectivity index (χ0v) is 22.4. The maximum absolute atomic E-state index is 13.1. The molecule has 2 N–H and O–H groups in total. The SMILES string of the molecule is CC(NC(=O)c1cc(CCCN2CCOCC2)ncn1)c1ncc(C(=O)Nc2cc(C(F)(F)F)c(Cl)cn2)s1. The third-order valence-corrected chi connectivity index (χ3v) is 7.32. The highest BCUT2D eigenvalue weighted by molar-refractivity contribution is 7.13. The van der Waals surface area contributed by atoms with Crippen molar-refractivity contribution in [3.8, 4) is 0 Å². The van der Waals surface area contributed by atoms with Gasteiger partial charge in [0.25, 0.3) is 11.8 Å². The maximum atomic E-state index is 13.1. The van der Waals surface area contributed by atoms with Crippen molar-refractivity contribution in [2.45, 2.75) is 32.0 Å². The number of hydrogen-bond donors (Lipinski definition) is 2. The van der Waals surface area contributed by atoms with Crippen LogP contribution in [0.4, 0.5) is 19.0 Å². The van der Waals surface area contributed by atoms with E-state index in [4.69, 9.17) is 16.3 Å². The molecule has 1 aliphatic heterocycles. The molecule has 4 heterocycles. The first-order valence-electron chi connectivity index (χ1n) is 12.0. The number of aryl methyl sites for hydroxylation is 1. The molecule has 208 valence electrons. The van der Waals surface area contributed by atoms with Gasteiger partial charge in [-0.1, -0.05) is 11.6 Å². The Kier molecular flexibility index (Phi) is 9.43. The molecule has 1 aliphatic rings. The number of alkyl halides is 3. The number of carbonyl (C=O) groups excluding carboxylic acids is 2. The van der Waals surface area contributed by atoms with Crippen LogP contribution < -0.4 is 10.6 Å². The van der Waals surface area contributed by atoms with Crippen LogP contribution in [0.3, 0.4) is 0 Å². The van der Waals surface area contributed by atoms with Crippen molar-refractivity contribution in [3.63, 3.8) is 0 Å². The maximum Gasteiger partial charge on any atom is 0.418 e. The second-order valence-electron chi connectivity index (χ2n) is 8.71. The number of hydrogen-bond acceptors (Lipinski definition) is 9. The molecule has 10 nitrogen and oxygen atoms in total. The third-order valence-electron chi connectivity index (χ3n) is 5.84. The van der Waals surface area contributed by atoms with Crippen molar-refractivity contribution in [3.05, 3.63) is 62.7 Å². The second kappa shape index (κ2) is 12.8. The van der Waals surface area contributed by atoms with Gasteiger partial charge in [0.2, 0.25) is 0 Å². The number of amides is 2. The lowest BCUT2D eigenvalue weighted by Gasteiger charge is -2.26. The Morgan fingerprint density at radius 3 is 2.64 bits per heavy atom. The van der Waals surface area contributed by atoms with Crippen LogP contribution in [0.5, 0.6) is 0 Å². The first kappa shape index (κ1) is 28.8. The van der Waals surface area contributed by atoms with E-state index in [9.17, 15) is 22.8 Å². The van der Waals surface area contributed by atoms with Gasteiger partial charge in [-0.05, 0) is 38.4 Å². The smallest absolute Gasteiger partial charge is 0.379 e. The number of morpholine rings is 1.